The van der Waals surface area contributed by atoms with Crippen molar-refractivity contribution in [1.29, 1.82) is 0 Å². The average Bonchev–Trinajstić information content (AvgIpc) is 3.13. The number of benzene rings is 1. The first-order valence-corrected chi connectivity index (χ1v) is 9.37. The molecular formula is C19H29IN4OS. The molecule has 7 heteroatoms. The lowest BCUT2D eigenvalue weighted by Crippen LogP contribution is -2.41. The first kappa shape index (κ1) is 22.7. The third-order valence-corrected chi connectivity index (χ3v) is 4.74. The highest BCUT2D eigenvalue weighted by atomic mass is 127. The van der Waals surface area contributed by atoms with Gasteiger partial charge in [0.2, 0.25) is 0 Å². The van der Waals surface area contributed by atoms with Gasteiger partial charge in [-0.1, -0.05) is 18.2 Å². The van der Waals surface area contributed by atoms with Crippen molar-refractivity contribution in [3.63, 3.8) is 0 Å². The smallest absolute Gasteiger partial charge is 0.191 e. The summed E-state index contributed by atoms with van der Waals surface area (Å²) in [6.07, 6.45) is 0. The number of aliphatic imine (C=N–C) groups is 1. The number of halogens is 1. The van der Waals surface area contributed by atoms with E-state index in [0.717, 1.165) is 24.8 Å². The van der Waals surface area contributed by atoms with Crippen molar-refractivity contribution in [2.45, 2.75) is 19.5 Å². The van der Waals surface area contributed by atoms with Crippen LogP contribution < -0.4 is 15.4 Å². The molecule has 0 aliphatic carbocycles. The van der Waals surface area contributed by atoms with Gasteiger partial charge in [0.25, 0.3) is 0 Å². The Kier molecular flexibility index (Phi) is 10.6. The number of nitrogens with zero attached hydrogens (tertiary/aromatic N) is 2. The molecule has 5 nitrogen and oxygen atoms in total. The summed E-state index contributed by atoms with van der Waals surface area (Å²) in [6, 6.07) is 12.6. The second kappa shape index (κ2) is 12.1. The minimum Gasteiger partial charge on any atom is -0.497 e. The molecule has 2 rings (SSSR count). The zero-order valence-electron chi connectivity index (χ0n) is 15.9. The number of hydrogen-bond acceptors (Lipinski definition) is 4. The van der Waals surface area contributed by atoms with Gasteiger partial charge < -0.3 is 20.3 Å². The summed E-state index contributed by atoms with van der Waals surface area (Å²) in [6.45, 7) is 4.37. The summed E-state index contributed by atoms with van der Waals surface area (Å²) >= 11 is 1.73. The van der Waals surface area contributed by atoms with Gasteiger partial charge in [-0.15, -0.1) is 35.3 Å². The summed E-state index contributed by atoms with van der Waals surface area (Å²) in [5.41, 5.74) is 1.21. The fourth-order valence-corrected chi connectivity index (χ4v) is 3.17. The zero-order chi connectivity index (χ0) is 18.1. The van der Waals surface area contributed by atoms with Gasteiger partial charge >= 0.3 is 0 Å². The van der Waals surface area contributed by atoms with Crippen molar-refractivity contribution in [3.05, 3.63) is 52.2 Å². The van der Waals surface area contributed by atoms with E-state index in [0.29, 0.717) is 6.54 Å². The van der Waals surface area contributed by atoms with Gasteiger partial charge in [0.15, 0.2) is 5.96 Å². The van der Waals surface area contributed by atoms with Gasteiger partial charge in [0, 0.05) is 18.0 Å². The van der Waals surface area contributed by atoms with E-state index in [-0.39, 0.29) is 30.0 Å². The molecule has 0 aliphatic heterocycles. The lowest BCUT2D eigenvalue weighted by Gasteiger charge is -2.26. The molecule has 144 valence electrons. The van der Waals surface area contributed by atoms with Crippen molar-refractivity contribution < 1.29 is 4.74 Å². The SMILES string of the molecule is CCNC(=NCc1cccs1)NCC(c1cccc(OC)c1)N(C)C.I. The maximum Gasteiger partial charge on any atom is 0.191 e. The highest BCUT2D eigenvalue weighted by Crippen LogP contribution is 2.22. The van der Waals surface area contributed by atoms with Crippen LogP contribution in [0, 0.1) is 0 Å². The Labute approximate surface area is 177 Å². The molecule has 1 atom stereocenters. The fraction of sp³-hybridized carbons (Fsp3) is 0.421. The number of likely N-dealkylation sites (N-methyl/N-ethyl adjacent to an activating group) is 1. The van der Waals surface area contributed by atoms with E-state index in [1.807, 2.05) is 12.1 Å². The molecule has 0 spiro atoms. The highest BCUT2D eigenvalue weighted by Gasteiger charge is 2.15. The third kappa shape index (κ3) is 7.13. The molecule has 0 radical (unpaired) electrons. The van der Waals surface area contributed by atoms with Crippen LogP contribution in [-0.2, 0) is 6.54 Å². The Morgan fingerprint density at radius 1 is 1.23 bits per heavy atom. The van der Waals surface area contributed by atoms with E-state index >= 15 is 0 Å². The summed E-state index contributed by atoms with van der Waals surface area (Å²) in [5, 5.41) is 8.85. The van der Waals surface area contributed by atoms with Crippen LogP contribution in [-0.4, -0.2) is 45.2 Å². The molecule has 2 N–H and O–H groups in total. The summed E-state index contributed by atoms with van der Waals surface area (Å²) in [4.78, 5) is 8.13. The standard InChI is InChI=1S/C19H28N4OS.HI/c1-5-20-19(21-13-17-10-7-11-25-17)22-14-18(23(2)3)15-8-6-9-16(12-15)24-4;/h6-12,18H,5,13-14H2,1-4H3,(H2,20,21,22);1H. The Balaban J connectivity index is 0.00000338. The summed E-state index contributed by atoms with van der Waals surface area (Å²) in [5.74, 6) is 1.72. The number of guanidine groups is 1. The van der Waals surface area contributed by atoms with Gasteiger partial charge in [0.1, 0.15) is 5.75 Å². The predicted octanol–water partition coefficient (Wildman–Crippen LogP) is 3.73. The van der Waals surface area contributed by atoms with Crippen molar-refractivity contribution >= 4 is 41.3 Å². The minimum absolute atomic E-state index is 0. The van der Waals surface area contributed by atoms with Crippen LogP contribution in [0.3, 0.4) is 0 Å². The second-order valence-electron chi connectivity index (χ2n) is 5.91. The molecular weight excluding hydrogens is 459 g/mol. The molecule has 0 fully saturated rings. The van der Waals surface area contributed by atoms with Gasteiger partial charge in [-0.2, -0.15) is 0 Å². The van der Waals surface area contributed by atoms with E-state index in [9.17, 15) is 0 Å². The van der Waals surface area contributed by atoms with Gasteiger partial charge in [0.05, 0.1) is 19.7 Å². The van der Waals surface area contributed by atoms with Crippen LogP contribution in [0.25, 0.3) is 0 Å². The number of ether oxygens (including phenoxy) is 1. The molecule has 0 amide bonds. The quantitative estimate of drug-likeness (QED) is 0.338. The molecule has 1 aromatic heterocycles. The molecule has 0 saturated heterocycles. The lowest BCUT2D eigenvalue weighted by atomic mass is 10.1. The Morgan fingerprint density at radius 2 is 2.04 bits per heavy atom. The van der Waals surface area contributed by atoms with Crippen LogP contribution in [0.1, 0.15) is 23.4 Å². The number of rotatable bonds is 8. The Morgan fingerprint density at radius 3 is 2.65 bits per heavy atom. The molecule has 1 heterocycles. The number of thiophene rings is 1. The van der Waals surface area contributed by atoms with E-state index in [2.05, 4.69) is 71.2 Å². The van der Waals surface area contributed by atoms with E-state index in [1.165, 1.54) is 10.4 Å². The fourth-order valence-electron chi connectivity index (χ4n) is 2.54. The molecule has 0 aliphatic rings. The summed E-state index contributed by atoms with van der Waals surface area (Å²) < 4.78 is 5.35. The van der Waals surface area contributed by atoms with Crippen LogP contribution in [0.4, 0.5) is 0 Å². The summed E-state index contributed by atoms with van der Waals surface area (Å²) in [7, 11) is 5.87. The average molecular weight is 488 g/mol. The Hall–Kier alpha value is -1.32. The molecule has 26 heavy (non-hydrogen) atoms. The highest BCUT2D eigenvalue weighted by molar-refractivity contribution is 14.0. The molecule has 1 aromatic carbocycles. The van der Waals surface area contributed by atoms with Crippen LogP contribution in [0.15, 0.2) is 46.8 Å². The number of nitrogens with one attached hydrogen (secondary N) is 2. The first-order valence-electron chi connectivity index (χ1n) is 8.49. The van der Waals surface area contributed by atoms with Crippen molar-refractivity contribution in [2.75, 3.05) is 34.3 Å². The monoisotopic (exact) mass is 488 g/mol. The largest absolute Gasteiger partial charge is 0.497 e. The van der Waals surface area contributed by atoms with Crippen LogP contribution >= 0.6 is 35.3 Å². The predicted molar refractivity (Wildman–Crippen MR) is 122 cm³/mol. The third-order valence-electron chi connectivity index (χ3n) is 3.88. The van der Waals surface area contributed by atoms with E-state index in [1.54, 1.807) is 18.4 Å². The molecule has 0 saturated carbocycles. The van der Waals surface area contributed by atoms with Gasteiger partial charge in [-0.05, 0) is 50.2 Å². The minimum atomic E-state index is 0. The molecule has 0 bridgehead atoms. The van der Waals surface area contributed by atoms with Crippen molar-refractivity contribution in [3.8, 4) is 5.75 Å². The van der Waals surface area contributed by atoms with Crippen LogP contribution in [0.2, 0.25) is 0 Å². The second-order valence-corrected chi connectivity index (χ2v) is 6.94. The van der Waals surface area contributed by atoms with E-state index in [4.69, 9.17) is 4.74 Å². The topological polar surface area (TPSA) is 48.9 Å². The van der Waals surface area contributed by atoms with Crippen molar-refractivity contribution in [2.24, 2.45) is 4.99 Å². The van der Waals surface area contributed by atoms with Gasteiger partial charge in [-0.3, -0.25) is 0 Å². The zero-order valence-corrected chi connectivity index (χ0v) is 19.0. The van der Waals surface area contributed by atoms with Crippen molar-refractivity contribution in [1.82, 2.24) is 15.5 Å². The normalized spacial score (nSPS) is 12.4. The Bertz CT molecular complexity index is 661. The molecule has 1 unspecified atom stereocenters. The maximum absolute atomic E-state index is 5.35. The lowest BCUT2D eigenvalue weighted by molar-refractivity contribution is 0.297. The maximum atomic E-state index is 5.35. The van der Waals surface area contributed by atoms with Gasteiger partial charge in [-0.25, -0.2) is 4.99 Å². The number of methoxy groups -OCH3 is 1. The number of hydrogen-bond donors (Lipinski definition) is 2. The van der Waals surface area contributed by atoms with Crippen LogP contribution in [0.5, 0.6) is 5.75 Å². The molecule has 2 aromatic rings. The van der Waals surface area contributed by atoms with E-state index < -0.39 is 0 Å². The first-order chi connectivity index (χ1) is 12.1.